The van der Waals surface area contributed by atoms with Crippen LogP contribution < -0.4 is 0 Å². The van der Waals surface area contributed by atoms with Crippen LogP contribution in [0.3, 0.4) is 0 Å². The highest BCUT2D eigenvalue weighted by Crippen LogP contribution is 2.23. The smallest absolute Gasteiger partial charge is 0.410 e. The molecule has 0 radical (unpaired) electrons. The van der Waals surface area contributed by atoms with Crippen LogP contribution in [0.4, 0.5) is 4.79 Å². The Kier molecular flexibility index (Phi) is 6.09. The van der Waals surface area contributed by atoms with Gasteiger partial charge in [-0.05, 0) is 71.4 Å². The van der Waals surface area contributed by atoms with Gasteiger partial charge in [-0.3, -0.25) is 0 Å². The molecule has 2 saturated heterocycles. The second-order valence-corrected chi connectivity index (χ2v) is 7.84. The van der Waals surface area contributed by atoms with Crippen LogP contribution in [0.2, 0.25) is 0 Å². The number of ether oxygens (including phenoxy) is 1. The highest BCUT2D eigenvalue weighted by atomic mass is 16.6. The molecule has 0 saturated carbocycles. The highest BCUT2D eigenvalue weighted by Gasteiger charge is 2.28. The Hall–Kier alpha value is -0.810. The van der Waals surface area contributed by atoms with E-state index in [4.69, 9.17) is 4.74 Å². The lowest BCUT2D eigenvalue weighted by molar-refractivity contribution is 0.0161. The van der Waals surface area contributed by atoms with E-state index in [0.717, 1.165) is 58.4 Å². The topological polar surface area (TPSA) is 53.0 Å². The highest BCUT2D eigenvalue weighted by molar-refractivity contribution is 5.68. The van der Waals surface area contributed by atoms with Crippen LogP contribution in [-0.4, -0.2) is 65.9 Å². The van der Waals surface area contributed by atoms with Crippen LogP contribution in [0.15, 0.2) is 0 Å². The summed E-state index contributed by atoms with van der Waals surface area (Å²) in [5.41, 5.74) is -0.412. The maximum absolute atomic E-state index is 12.0. The van der Waals surface area contributed by atoms with Gasteiger partial charge in [0.25, 0.3) is 0 Å². The summed E-state index contributed by atoms with van der Waals surface area (Å²) < 4.78 is 5.44. The van der Waals surface area contributed by atoms with Crippen LogP contribution >= 0.6 is 0 Å². The molecule has 5 nitrogen and oxygen atoms in total. The molecule has 2 rings (SSSR count). The molecule has 128 valence electrons. The Morgan fingerprint density at radius 2 is 1.59 bits per heavy atom. The van der Waals surface area contributed by atoms with Gasteiger partial charge in [0, 0.05) is 26.2 Å². The lowest BCUT2D eigenvalue weighted by Crippen LogP contribution is -2.45. The number of aliphatic hydroxyl groups is 1. The summed E-state index contributed by atoms with van der Waals surface area (Å²) in [6, 6.07) is 0. The van der Waals surface area contributed by atoms with E-state index in [9.17, 15) is 9.90 Å². The first-order valence-electron chi connectivity index (χ1n) is 8.68. The first kappa shape index (κ1) is 17.5. The summed E-state index contributed by atoms with van der Waals surface area (Å²) in [5.74, 6) is 1.19. The van der Waals surface area contributed by atoms with E-state index in [-0.39, 0.29) is 6.09 Å². The van der Waals surface area contributed by atoms with Crippen molar-refractivity contribution < 1.29 is 14.6 Å². The van der Waals surface area contributed by atoms with Crippen molar-refractivity contribution in [3.05, 3.63) is 0 Å². The van der Waals surface area contributed by atoms with Gasteiger partial charge in [-0.15, -0.1) is 0 Å². The third kappa shape index (κ3) is 5.43. The molecule has 0 aromatic carbocycles. The Balaban J connectivity index is 1.68. The van der Waals surface area contributed by atoms with E-state index in [2.05, 4.69) is 4.90 Å². The Morgan fingerprint density at radius 1 is 1.05 bits per heavy atom. The number of carbonyl (C=O) groups is 1. The summed E-state index contributed by atoms with van der Waals surface area (Å²) in [5, 5.41) is 9.19. The van der Waals surface area contributed by atoms with Crippen molar-refractivity contribution in [3.63, 3.8) is 0 Å². The molecule has 5 heteroatoms. The fraction of sp³-hybridized carbons (Fsp3) is 0.941. The lowest BCUT2D eigenvalue weighted by atomic mass is 9.93. The monoisotopic (exact) mass is 312 g/mol. The van der Waals surface area contributed by atoms with Gasteiger partial charge < -0.3 is 19.6 Å². The van der Waals surface area contributed by atoms with Crippen LogP contribution in [-0.2, 0) is 4.74 Å². The molecule has 22 heavy (non-hydrogen) atoms. The summed E-state index contributed by atoms with van der Waals surface area (Å²) in [4.78, 5) is 16.4. The molecule has 0 aromatic rings. The minimum Gasteiger partial charge on any atom is -0.444 e. The normalized spacial score (nSPS) is 22.8. The Bertz CT molecular complexity index is 351. The SMILES string of the molecule is CC(C)(C)OC(=O)N1CCC(CN2CCC(CO)CC2)CC1. The number of nitrogens with zero attached hydrogens (tertiary/aromatic N) is 2. The molecule has 0 spiro atoms. The van der Waals surface area contributed by atoms with Crippen LogP contribution in [0, 0.1) is 11.8 Å². The largest absolute Gasteiger partial charge is 0.444 e. The number of piperidine rings is 2. The van der Waals surface area contributed by atoms with Gasteiger partial charge in [-0.25, -0.2) is 4.79 Å². The van der Waals surface area contributed by atoms with E-state index in [1.165, 1.54) is 0 Å². The van der Waals surface area contributed by atoms with Gasteiger partial charge in [-0.1, -0.05) is 0 Å². The Morgan fingerprint density at radius 3 is 2.09 bits per heavy atom. The second-order valence-electron chi connectivity index (χ2n) is 7.84. The predicted octanol–water partition coefficient (Wildman–Crippen LogP) is 2.34. The van der Waals surface area contributed by atoms with Gasteiger partial charge in [0.2, 0.25) is 0 Å². The number of hydrogen-bond acceptors (Lipinski definition) is 4. The van der Waals surface area contributed by atoms with E-state index in [0.29, 0.717) is 18.4 Å². The average molecular weight is 312 g/mol. The van der Waals surface area contributed by atoms with Gasteiger partial charge in [0.05, 0.1) is 0 Å². The van der Waals surface area contributed by atoms with Crippen LogP contribution in [0.25, 0.3) is 0 Å². The van der Waals surface area contributed by atoms with E-state index < -0.39 is 5.60 Å². The molecule has 2 aliphatic heterocycles. The molecule has 2 heterocycles. The zero-order chi connectivity index (χ0) is 16.2. The maximum atomic E-state index is 12.0. The van der Waals surface area contributed by atoms with Crippen molar-refractivity contribution in [2.75, 3.05) is 39.3 Å². The summed E-state index contributed by atoms with van der Waals surface area (Å²) in [7, 11) is 0. The van der Waals surface area contributed by atoms with Gasteiger partial charge in [0.1, 0.15) is 5.60 Å². The standard InChI is InChI=1S/C17H32N2O3/c1-17(2,3)22-16(21)19-10-6-14(7-11-19)12-18-8-4-15(13-20)5-9-18/h14-15,20H,4-13H2,1-3H3. The minimum atomic E-state index is -0.412. The zero-order valence-electron chi connectivity index (χ0n) is 14.4. The molecule has 0 bridgehead atoms. The molecular formula is C17H32N2O3. The minimum absolute atomic E-state index is 0.172. The molecule has 1 N–H and O–H groups in total. The van der Waals surface area contributed by atoms with E-state index >= 15 is 0 Å². The summed E-state index contributed by atoms with van der Waals surface area (Å²) >= 11 is 0. The Labute approximate surface area is 134 Å². The number of rotatable bonds is 3. The first-order valence-corrected chi connectivity index (χ1v) is 8.68. The second kappa shape index (κ2) is 7.64. The van der Waals surface area contributed by atoms with Crippen molar-refractivity contribution in [1.82, 2.24) is 9.80 Å². The number of aliphatic hydroxyl groups excluding tert-OH is 1. The maximum Gasteiger partial charge on any atom is 0.410 e. The van der Waals surface area contributed by atoms with Gasteiger partial charge in [-0.2, -0.15) is 0 Å². The quantitative estimate of drug-likeness (QED) is 0.869. The fourth-order valence-electron chi connectivity index (χ4n) is 3.34. The number of hydrogen-bond donors (Lipinski definition) is 1. The van der Waals surface area contributed by atoms with Crippen LogP contribution in [0.5, 0.6) is 0 Å². The summed E-state index contributed by atoms with van der Waals surface area (Å²) in [6.45, 7) is 11.0. The van der Waals surface area contributed by atoms with E-state index in [1.54, 1.807) is 0 Å². The molecular weight excluding hydrogens is 280 g/mol. The van der Waals surface area contributed by atoms with Crippen molar-refractivity contribution in [3.8, 4) is 0 Å². The van der Waals surface area contributed by atoms with Crippen LogP contribution in [0.1, 0.15) is 46.5 Å². The molecule has 0 aliphatic carbocycles. The lowest BCUT2D eigenvalue weighted by Gasteiger charge is -2.37. The number of amides is 1. The number of carbonyl (C=O) groups excluding carboxylic acids is 1. The first-order chi connectivity index (χ1) is 10.4. The third-order valence-electron chi connectivity index (χ3n) is 4.75. The third-order valence-corrected chi connectivity index (χ3v) is 4.75. The zero-order valence-corrected chi connectivity index (χ0v) is 14.4. The molecule has 2 aliphatic rings. The van der Waals surface area contributed by atoms with Crippen molar-refractivity contribution >= 4 is 6.09 Å². The summed E-state index contributed by atoms with van der Waals surface area (Å²) in [6.07, 6.45) is 4.20. The van der Waals surface area contributed by atoms with Crippen molar-refractivity contribution in [2.24, 2.45) is 11.8 Å². The number of likely N-dealkylation sites (tertiary alicyclic amines) is 2. The molecule has 1 amide bonds. The van der Waals surface area contributed by atoms with E-state index in [1.807, 2.05) is 25.7 Å². The molecule has 0 atom stereocenters. The van der Waals surface area contributed by atoms with Gasteiger partial charge in [0.15, 0.2) is 0 Å². The van der Waals surface area contributed by atoms with Crippen molar-refractivity contribution in [1.29, 1.82) is 0 Å². The van der Waals surface area contributed by atoms with Crippen molar-refractivity contribution in [2.45, 2.75) is 52.1 Å². The molecule has 2 fully saturated rings. The fourth-order valence-corrected chi connectivity index (χ4v) is 3.34. The molecule has 0 unspecified atom stereocenters. The predicted molar refractivity (Wildman–Crippen MR) is 86.8 cm³/mol. The average Bonchev–Trinajstić information content (AvgIpc) is 2.47. The van der Waals surface area contributed by atoms with Gasteiger partial charge >= 0.3 is 6.09 Å². The molecule has 0 aromatic heterocycles.